The average Bonchev–Trinajstić information content (AvgIpc) is 3.26. The number of hydrogen-bond acceptors (Lipinski definition) is 8. The van der Waals surface area contributed by atoms with Gasteiger partial charge in [-0.25, -0.2) is 9.97 Å². The van der Waals surface area contributed by atoms with Crippen molar-refractivity contribution in [1.82, 2.24) is 15.0 Å². The monoisotopic (exact) mass is 471 g/mol. The second kappa shape index (κ2) is 8.41. The van der Waals surface area contributed by atoms with E-state index in [0.29, 0.717) is 21.8 Å². The van der Waals surface area contributed by atoms with Crippen LogP contribution in [-0.4, -0.2) is 56.4 Å². The van der Waals surface area contributed by atoms with Gasteiger partial charge in [-0.2, -0.15) is 18.2 Å². The zero-order chi connectivity index (χ0) is 23.1. The Hall–Kier alpha value is -2.57. The van der Waals surface area contributed by atoms with E-state index in [1.165, 1.54) is 11.3 Å². The predicted molar refractivity (Wildman–Crippen MR) is 113 cm³/mol. The maximum absolute atomic E-state index is 13.2. The van der Waals surface area contributed by atoms with E-state index in [9.17, 15) is 27.8 Å². The number of fused-ring (bicyclic) bond motifs is 1. The van der Waals surface area contributed by atoms with Gasteiger partial charge in [0.2, 0.25) is 5.95 Å². The van der Waals surface area contributed by atoms with Crippen LogP contribution >= 0.6 is 11.3 Å². The summed E-state index contributed by atoms with van der Waals surface area (Å²) in [7, 11) is 0. The fraction of sp³-hybridized carbons (Fsp3) is 0.450. The highest BCUT2D eigenvalue weighted by atomic mass is 32.1. The Kier molecular flexibility index (Phi) is 5.94. The summed E-state index contributed by atoms with van der Waals surface area (Å²) in [5.74, 6) is -1.06. The highest BCUT2D eigenvalue weighted by molar-refractivity contribution is 7.21. The van der Waals surface area contributed by atoms with Crippen molar-refractivity contribution in [2.75, 3.05) is 23.9 Å². The standard InChI is InChI=1S/C20H21F4N5O2S/c1-10-14(17-27-12-4-2-3-5-13(12)32-17)16(28-18(26-10)25-9-20(22,23)24)29-19(31)7-6-11(8-21)15(19)30/h2-5,11,15,30-31H,6-9H2,1H3,(H2,25,26,28,29). The first-order chi connectivity index (χ1) is 15.1. The third kappa shape index (κ3) is 4.48. The molecule has 3 unspecified atom stereocenters. The minimum atomic E-state index is -4.48. The smallest absolute Gasteiger partial charge is 0.388 e. The second-order valence-electron chi connectivity index (χ2n) is 7.76. The Morgan fingerprint density at radius 2 is 1.97 bits per heavy atom. The number of halogens is 4. The van der Waals surface area contributed by atoms with Crippen LogP contribution in [0.4, 0.5) is 29.3 Å². The summed E-state index contributed by atoms with van der Waals surface area (Å²) < 4.78 is 52.1. The van der Waals surface area contributed by atoms with Crippen molar-refractivity contribution in [2.45, 2.75) is 37.8 Å². The molecule has 3 atom stereocenters. The Labute approximate surface area is 184 Å². The SMILES string of the molecule is Cc1nc(NCC(F)(F)F)nc(NC2(O)CCC(CF)C2O)c1-c1nc2ccccc2s1. The molecule has 32 heavy (non-hydrogen) atoms. The molecule has 2 heterocycles. The lowest BCUT2D eigenvalue weighted by atomic mass is 10.0. The van der Waals surface area contributed by atoms with E-state index in [0.717, 1.165) is 4.70 Å². The van der Waals surface area contributed by atoms with Gasteiger partial charge in [0.05, 0.1) is 28.1 Å². The fourth-order valence-electron chi connectivity index (χ4n) is 3.76. The third-order valence-corrected chi connectivity index (χ3v) is 6.46. The second-order valence-corrected chi connectivity index (χ2v) is 8.79. The number of nitrogens with zero attached hydrogens (tertiary/aromatic N) is 3. The highest BCUT2D eigenvalue weighted by Gasteiger charge is 2.47. The van der Waals surface area contributed by atoms with Gasteiger partial charge in [-0.15, -0.1) is 11.3 Å². The number of anilines is 2. The molecule has 1 aliphatic carbocycles. The van der Waals surface area contributed by atoms with Crippen LogP contribution in [0.1, 0.15) is 18.5 Å². The van der Waals surface area contributed by atoms with Crippen LogP contribution < -0.4 is 10.6 Å². The summed E-state index contributed by atoms with van der Waals surface area (Å²) >= 11 is 1.33. The molecule has 0 amide bonds. The van der Waals surface area contributed by atoms with Gasteiger partial charge in [-0.1, -0.05) is 12.1 Å². The normalized spacial score (nSPS) is 23.6. The fourth-order valence-corrected chi connectivity index (χ4v) is 4.82. The number of aryl methyl sites for hydroxylation is 1. The average molecular weight is 471 g/mol. The first-order valence-corrected chi connectivity index (χ1v) is 10.7. The van der Waals surface area contributed by atoms with Crippen molar-refractivity contribution < 1.29 is 27.8 Å². The zero-order valence-corrected chi connectivity index (χ0v) is 17.8. The first-order valence-electron chi connectivity index (χ1n) is 9.89. The lowest BCUT2D eigenvalue weighted by Crippen LogP contribution is -2.48. The lowest BCUT2D eigenvalue weighted by molar-refractivity contribution is -0.115. The molecule has 0 spiro atoms. The van der Waals surface area contributed by atoms with E-state index < -0.39 is 37.1 Å². The molecule has 2 aromatic heterocycles. The van der Waals surface area contributed by atoms with Crippen LogP contribution in [0.3, 0.4) is 0 Å². The van der Waals surface area contributed by atoms with E-state index >= 15 is 0 Å². The molecule has 1 aliphatic rings. The largest absolute Gasteiger partial charge is 0.405 e. The van der Waals surface area contributed by atoms with Gasteiger partial charge < -0.3 is 20.8 Å². The Balaban J connectivity index is 1.77. The van der Waals surface area contributed by atoms with Crippen molar-refractivity contribution in [3.05, 3.63) is 30.0 Å². The summed E-state index contributed by atoms with van der Waals surface area (Å²) in [4.78, 5) is 12.8. The Morgan fingerprint density at radius 3 is 2.62 bits per heavy atom. The molecule has 0 radical (unpaired) electrons. The van der Waals surface area contributed by atoms with Gasteiger partial charge in [0.15, 0.2) is 5.72 Å². The zero-order valence-electron chi connectivity index (χ0n) is 16.9. The van der Waals surface area contributed by atoms with Crippen LogP contribution in [0.2, 0.25) is 0 Å². The van der Waals surface area contributed by atoms with Crippen molar-refractivity contribution in [1.29, 1.82) is 0 Å². The van der Waals surface area contributed by atoms with Gasteiger partial charge in [-0.05, 0) is 31.9 Å². The van der Waals surface area contributed by atoms with E-state index in [-0.39, 0.29) is 24.6 Å². The summed E-state index contributed by atoms with van der Waals surface area (Å²) in [6, 6.07) is 7.37. The summed E-state index contributed by atoms with van der Waals surface area (Å²) in [5, 5.41) is 26.8. The quantitative estimate of drug-likeness (QED) is 0.320. The molecule has 4 rings (SSSR count). The van der Waals surface area contributed by atoms with Crippen LogP contribution in [0.25, 0.3) is 20.8 Å². The van der Waals surface area contributed by atoms with Gasteiger partial charge in [0.25, 0.3) is 0 Å². The number of rotatable bonds is 6. The number of aliphatic hydroxyl groups is 2. The van der Waals surface area contributed by atoms with Crippen LogP contribution in [0, 0.1) is 12.8 Å². The number of hydrogen-bond donors (Lipinski definition) is 4. The molecular formula is C20H21F4N5O2S. The van der Waals surface area contributed by atoms with Crippen molar-refractivity contribution in [3.63, 3.8) is 0 Å². The minimum Gasteiger partial charge on any atom is -0.388 e. The van der Waals surface area contributed by atoms with E-state index in [4.69, 9.17) is 0 Å². The summed E-state index contributed by atoms with van der Waals surface area (Å²) in [5.41, 5.74) is -0.476. The van der Waals surface area contributed by atoms with Gasteiger partial charge in [-0.3, -0.25) is 4.39 Å². The van der Waals surface area contributed by atoms with Crippen LogP contribution in [0.15, 0.2) is 24.3 Å². The van der Waals surface area contributed by atoms with Crippen molar-refractivity contribution in [2.24, 2.45) is 5.92 Å². The molecular weight excluding hydrogens is 450 g/mol. The number of thiazole rings is 1. The molecule has 0 saturated heterocycles. The summed E-state index contributed by atoms with van der Waals surface area (Å²) in [6.45, 7) is -0.563. The molecule has 7 nitrogen and oxygen atoms in total. The van der Waals surface area contributed by atoms with E-state index in [2.05, 4.69) is 25.6 Å². The van der Waals surface area contributed by atoms with Gasteiger partial charge in [0, 0.05) is 5.92 Å². The van der Waals surface area contributed by atoms with Crippen LogP contribution in [0.5, 0.6) is 0 Å². The highest BCUT2D eigenvalue weighted by Crippen LogP contribution is 2.40. The number of aliphatic hydroxyl groups excluding tert-OH is 1. The molecule has 0 bridgehead atoms. The Morgan fingerprint density at radius 1 is 1.22 bits per heavy atom. The molecule has 1 saturated carbocycles. The molecule has 3 aromatic rings. The third-order valence-electron chi connectivity index (χ3n) is 5.41. The maximum atomic E-state index is 13.2. The number of aromatic nitrogens is 3. The van der Waals surface area contributed by atoms with Crippen molar-refractivity contribution in [3.8, 4) is 10.6 Å². The number of benzene rings is 1. The first kappa shape index (κ1) is 22.6. The predicted octanol–water partition coefficient (Wildman–Crippen LogP) is 3.88. The van der Waals surface area contributed by atoms with Gasteiger partial charge in [0.1, 0.15) is 23.5 Å². The van der Waals surface area contributed by atoms with E-state index in [1.54, 1.807) is 6.92 Å². The maximum Gasteiger partial charge on any atom is 0.405 e. The molecule has 172 valence electrons. The molecule has 1 fully saturated rings. The molecule has 0 aliphatic heterocycles. The number of para-hydroxylation sites is 1. The number of alkyl halides is 4. The molecule has 4 N–H and O–H groups in total. The van der Waals surface area contributed by atoms with E-state index in [1.807, 2.05) is 24.3 Å². The Bertz CT molecular complexity index is 1090. The minimum absolute atomic E-state index is 0.00212. The molecule has 12 heteroatoms. The van der Waals surface area contributed by atoms with Crippen LogP contribution in [-0.2, 0) is 0 Å². The topological polar surface area (TPSA) is 103 Å². The van der Waals surface area contributed by atoms with Gasteiger partial charge >= 0.3 is 6.18 Å². The lowest BCUT2D eigenvalue weighted by Gasteiger charge is -2.30. The number of nitrogens with one attached hydrogen (secondary N) is 2. The molecule has 1 aromatic carbocycles. The van der Waals surface area contributed by atoms with Crippen molar-refractivity contribution >= 4 is 33.3 Å². The summed E-state index contributed by atoms with van der Waals surface area (Å²) in [6.07, 6.45) is -5.63.